The van der Waals surface area contributed by atoms with Gasteiger partial charge in [-0.25, -0.2) is 14.2 Å². The molecule has 1 N–H and O–H groups in total. The molecule has 41 heavy (non-hydrogen) atoms. The van der Waals surface area contributed by atoms with Gasteiger partial charge in [0.2, 0.25) is 0 Å². The Morgan fingerprint density at radius 2 is 1.41 bits per heavy atom. The highest BCUT2D eigenvalue weighted by Crippen LogP contribution is 2.32. The Kier molecular flexibility index (Phi) is 12.3. The van der Waals surface area contributed by atoms with Gasteiger partial charge >= 0.3 is 6.09 Å². The lowest BCUT2D eigenvalue weighted by atomic mass is 10.1. The zero-order valence-corrected chi connectivity index (χ0v) is 24.7. The van der Waals surface area contributed by atoms with E-state index >= 15 is 0 Å². The molecule has 0 aliphatic heterocycles. The van der Waals surface area contributed by atoms with Crippen molar-refractivity contribution in [2.75, 3.05) is 18.8 Å². The van der Waals surface area contributed by atoms with Crippen LogP contribution < -0.4 is 4.74 Å². The first-order chi connectivity index (χ1) is 20.1. The molecule has 1 amide bonds. The van der Waals surface area contributed by atoms with Crippen molar-refractivity contribution in [3.05, 3.63) is 90.7 Å². The van der Waals surface area contributed by atoms with Crippen molar-refractivity contribution in [1.29, 1.82) is 0 Å². The van der Waals surface area contributed by atoms with Crippen LogP contribution in [0.3, 0.4) is 0 Å². The average Bonchev–Trinajstić information content (AvgIpc) is 3.44. The number of imidazole rings is 1. The van der Waals surface area contributed by atoms with Gasteiger partial charge in [0, 0.05) is 30.0 Å². The van der Waals surface area contributed by atoms with E-state index in [4.69, 9.17) is 9.72 Å². The number of aromatic amines is 1. The van der Waals surface area contributed by atoms with Crippen molar-refractivity contribution in [3.63, 3.8) is 0 Å². The van der Waals surface area contributed by atoms with Crippen LogP contribution in [0.1, 0.15) is 58.3 Å². The fourth-order valence-electron chi connectivity index (χ4n) is 4.66. The van der Waals surface area contributed by atoms with Gasteiger partial charge < -0.3 is 14.6 Å². The van der Waals surface area contributed by atoms with E-state index in [1.807, 2.05) is 36.4 Å². The molecule has 0 unspecified atom stereocenters. The molecule has 0 saturated heterocycles. The standard InChI is InChI=1S/C34H40FN3O2S/c1-2-3-4-5-13-24-38(34(39)40-30-22-20-29(35)21-23-30)25-14-8-15-26-41-33-36-31(27-16-9-6-10-17-27)32(37-33)28-18-11-7-12-19-28/h6-7,9-12,16-23H,2-5,8,13-15,24-26H2,1H3,(H,36,37). The molecule has 0 fully saturated rings. The van der Waals surface area contributed by atoms with E-state index in [9.17, 15) is 9.18 Å². The normalized spacial score (nSPS) is 11.0. The fraction of sp³-hybridized carbons (Fsp3) is 0.353. The lowest BCUT2D eigenvalue weighted by Crippen LogP contribution is -2.35. The first kappa shape index (κ1) is 30.4. The van der Waals surface area contributed by atoms with Crippen molar-refractivity contribution in [2.45, 2.75) is 63.4 Å². The summed E-state index contributed by atoms with van der Waals surface area (Å²) in [5.74, 6) is 0.956. The molecular weight excluding hydrogens is 533 g/mol. The summed E-state index contributed by atoms with van der Waals surface area (Å²) in [5.41, 5.74) is 4.21. The summed E-state index contributed by atoms with van der Waals surface area (Å²) in [7, 11) is 0. The van der Waals surface area contributed by atoms with Crippen LogP contribution in [0.25, 0.3) is 22.5 Å². The van der Waals surface area contributed by atoms with E-state index in [2.05, 4.69) is 36.2 Å². The van der Waals surface area contributed by atoms with E-state index in [1.165, 1.54) is 43.5 Å². The molecule has 4 aromatic rings. The number of unbranched alkanes of at least 4 members (excludes halogenated alkanes) is 6. The van der Waals surface area contributed by atoms with Crippen molar-refractivity contribution in [3.8, 4) is 28.3 Å². The van der Waals surface area contributed by atoms with Gasteiger partial charge in [-0.3, -0.25) is 0 Å². The quantitative estimate of drug-likeness (QED) is 0.107. The lowest BCUT2D eigenvalue weighted by molar-refractivity contribution is 0.150. The van der Waals surface area contributed by atoms with Gasteiger partial charge in [0.05, 0.1) is 11.4 Å². The first-order valence-electron chi connectivity index (χ1n) is 14.7. The summed E-state index contributed by atoms with van der Waals surface area (Å²) in [6.45, 7) is 3.52. The number of aromatic nitrogens is 2. The predicted octanol–water partition coefficient (Wildman–Crippen LogP) is 9.62. The Balaban J connectivity index is 1.27. The molecular formula is C34H40FN3O2S. The third-order valence-electron chi connectivity index (χ3n) is 6.91. The monoisotopic (exact) mass is 573 g/mol. The number of halogens is 1. The molecule has 1 heterocycles. The predicted molar refractivity (Wildman–Crippen MR) is 167 cm³/mol. The SMILES string of the molecule is CCCCCCCN(CCCCCSc1nc(-c2ccccc2)c(-c2ccccc2)[nH]1)C(=O)Oc1ccc(F)cc1. The van der Waals surface area contributed by atoms with Crippen LogP contribution in [0, 0.1) is 5.82 Å². The largest absolute Gasteiger partial charge is 0.415 e. The Morgan fingerprint density at radius 1 is 0.805 bits per heavy atom. The Hall–Kier alpha value is -3.58. The van der Waals surface area contributed by atoms with Gasteiger partial charge in [-0.1, -0.05) is 111 Å². The van der Waals surface area contributed by atoms with E-state index in [-0.39, 0.29) is 11.9 Å². The number of ether oxygens (including phenoxy) is 1. The third kappa shape index (κ3) is 9.78. The van der Waals surface area contributed by atoms with Gasteiger partial charge in [0.25, 0.3) is 0 Å². The van der Waals surface area contributed by atoms with Crippen LogP contribution in [0.4, 0.5) is 9.18 Å². The van der Waals surface area contributed by atoms with Crippen LogP contribution in [0.15, 0.2) is 90.1 Å². The van der Waals surface area contributed by atoms with Crippen LogP contribution in [0.5, 0.6) is 5.75 Å². The number of amides is 1. The zero-order valence-electron chi connectivity index (χ0n) is 23.9. The van der Waals surface area contributed by atoms with Crippen molar-refractivity contribution < 1.29 is 13.9 Å². The molecule has 0 atom stereocenters. The average molecular weight is 574 g/mol. The van der Waals surface area contributed by atoms with E-state index in [1.54, 1.807) is 16.7 Å². The minimum absolute atomic E-state index is 0.349. The molecule has 0 bridgehead atoms. The highest BCUT2D eigenvalue weighted by Gasteiger charge is 2.16. The molecule has 0 radical (unpaired) electrons. The van der Waals surface area contributed by atoms with E-state index in [0.717, 1.165) is 65.5 Å². The maximum absolute atomic E-state index is 13.2. The van der Waals surface area contributed by atoms with Gasteiger partial charge in [-0.15, -0.1) is 0 Å². The van der Waals surface area contributed by atoms with Crippen LogP contribution >= 0.6 is 11.8 Å². The summed E-state index contributed by atoms with van der Waals surface area (Å²) in [6, 6.07) is 26.2. The van der Waals surface area contributed by atoms with Crippen LogP contribution in [0.2, 0.25) is 0 Å². The second kappa shape index (κ2) is 16.6. The molecule has 0 saturated carbocycles. The topological polar surface area (TPSA) is 58.2 Å². The number of nitrogens with one attached hydrogen (secondary N) is 1. The second-order valence-electron chi connectivity index (χ2n) is 10.1. The number of hydrogen-bond donors (Lipinski definition) is 1. The summed E-state index contributed by atoms with van der Waals surface area (Å²) in [6.07, 6.45) is 8.20. The lowest BCUT2D eigenvalue weighted by Gasteiger charge is -2.22. The molecule has 0 spiro atoms. The van der Waals surface area contributed by atoms with Gasteiger partial charge in [0.15, 0.2) is 5.16 Å². The maximum atomic E-state index is 13.2. The Morgan fingerprint density at radius 3 is 2.07 bits per heavy atom. The van der Waals surface area contributed by atoms with Crippen molar-refractivity contribution in [2.24, 2.45) is 0 Å². The molecule has 1 aromatic heterocycles. The molecule has 4 rings (SSSR count). The molecule has 7 heteroatoms. The summed E-state index contributed by atoms with van der Waals surface area (Å²) < 4.78 is 18.8. The molecule has 216 valence electrons. The number of thioether (sulfide) groups is 1. The second-order valence-corrected chi connectivity index (χ2v) is 11.2. The number of benzene rings is 3. The van der Waals surface area contributed by atoms with Crippen molar-refractivity contribution in [1.82, 2.24) is 14.9 Å². The number of carbonyl (C=O) groups is 1. The van der Waals surface area contributed by atoms with E-state index < -0.39 is 0 Å². The maximum Gasteiger partial charge on any atom is 0.415 e. The molecule has 3 aromatic carbocycles. The number of carbonyl (C=O) groups excluding carboxylic acids is 1. The number of H-pyrrole nitrogens is 1. The summed E-state index contributed by atoms with van der Waals surface area (Å²) in [5, 5.41) is 0.916. The third-order valence-corrected chi connectivity index (χ3v) is 7.87. The zero-order chi connectivity index (χ0) is 28.7. The van der Waals surface area contributed by atoms with E-state index in [0.29, 0.717) is 18.8 Å². The summed E-state index contributed by atoms with van der Waals surface area (Å²) >= 11 is 1.73. The highest BCUT2D eigenvalue weighted by atomic mass is 32.2. The van der Waals surface area contributed by atoms with Gasteiger partial charge in [-0.05, 0) is 43.5 Å². The Bertz CT molecular complexity index is 1260. The number of hydrogen-bond acceptors (Lipinski definition) is 4. The minimum atomic E-state index is -0.362. The van der Waals surface area contributed by atoms with Gasteiger partial charge in [-0.2, -0.15) is 0 Å². The highest BCUT2D eigenvalue weighted by molar-refractivity contribution is 7.99. The molecule has 5 nitrogen and oxygen atoms in total. The number of nitrogens with zero attached hydrogens (tertiary/aromatic N) is 2. The Labute approximate surface area is 247 Å². The first-order valence-corrected chi connectivity index (χ1v) is 15.7. The molecule has 0 aliphatic carbocycles. The number of rotatable bonds is 16. The minimum Gasteiger partial charge on any atom is -0.410 e. The smallest absolute Gasteiger partial charge is 0.410 e. The van der Waals surface area contributed by atoms with Crippen LogP contribution in [-0.4, -0.2) is 39.8 Å². The summed E-state index contributed by atoms with van der Waals surface area (Å²) in [4.78, 5) is 23.2. The van der Waals surface area contributed by atoms with Crippen molar-refractivity contribution >= 4 is 17.9 Å². The van der Waals surface area contributed by atoms with Gasteiger partial charge in [0.1, 0.15) is 11.6 Å². The van der Waals surface area contributed by atoms with Crippen LogP contribution in [-0.2, 0) is 0 Å². The molecule has 0 aliphatic rings. The fourth-order valence-corrected chi connectivity index (χ4v) is 5.53.